The summed E-state index contributed by atoms with van der Waals surface area (Å²) < 4.78 is 2.39. The van der Waals surface area contributed by atoms with Crippen molar-refractivity contribution in [3.05, 3.63) is 32.7 Å². The maximum Gasteiger partial charge on any atom is 0.0224 e. The molecule has 0 saturated heterocycles. The molecule has 19 heavy (non-hydrogen) atoms. The van der Waals surface area contributed by atoms with E-state index < -0.39 is 0 Å². The number of unbranched alkanes of at least 4 members (excludes halogenated alkanes) is 3. The lowest BCUT2D eigenvalue weighted by atomic mass is 9.74. The van der Waals surface area contributed by atoms with Crippen molar-refractivity contribution in [2.24, 2.45) is 0 Å². The smallest absolute Gasteiger partial charge is 0.0224 e. The fourth-order valence-electron chi connectivity index (χ4n) is 2.71. The Hall–Kier alpha value is 0.180. The van der Waals surface area contributed by atoms with E-state index in [0.29, 0.717) is 5.41 Å². The van der Waals surface area contributed by atoms with Gasteiger partial charge in [0.15, 0.2) is 0 Å². The molecule has 0 amide bonds. The summed E-state index contributed by atoms with van der Waals surface area (Å²) in [6.45, 7) is 6.99. The summed E-state index contributed by atoms with van der Waals surface area (Å²) in [6, 6.07) is 6.64. The fraction of sp³-hybridized carbons (Fsp3) is 0.647. The lowest BCUT2D eigenvalue weighted by molar-refractivity contribution is 0.369. The van der Waals surface area contributed by atoms with E-state index in [2.05, 4.69) is 70.8 Å². The molecule has 0 radical (unpaired) electrons. The van der Waals surface area contributed by atoms with Crippen LogP contribution < -0.4 is 0 Å². The minimum Gasteiger partial charge on any atom is -0.0654 e. The zero-order chi connectivity index (χ0) is 14.3. The molecule has 0 aliphatic carbocycles. The van der Waals surface area contributed by atoms with Crippen LogP contribution in [0.25, 0.3) is 0 Å². The Morgan fingerprint density at radius 2 is 1.58 bits per heavy atom. The lowest BCUT2D eigenvalue weighted by Gasteiger charge is -2.31. The highest BCUT2D eigenvalue weighted by atomic mass is 79.9. The fourth-order valence-corrected chi connectivity index (χ4v) is 4.23. The predicted molar refractivity (Wildman–Crippen MR) is 92.9 cm³/mol. The Morgan fingerprint density at radius 3 is 2.16 bits per heavy atom. The first kappa shape index (κ1) is 17.2. The van der Waals surface area contributed by atoms with E-state index in [-0.39, 0.29) is 0 Å². The highest BCUT2D eigenvalue weighted by molar-refractivity contribution is 9.11. The third-order valence-electron chi connectivity index (χ3n) is 4.00. The SMILES string of the molecule is CCCCCC(C)(CCCC)c1ccc(Br)cc1Br. The second-order valence-corrected chi connectivity index (χ2v) is 7.52. The lowest BCUT2D eigenvalue weighted by Crippen LogP contribution is -2.22. The summed E-state index contributed by atoms with van der Waals surface area (Å²) in [7, 11) is 0. The van der Waals surface area contributed by atoms with Gasteiger partial charge in [-0.25, -0.2) is 0 Å². The van der Waals surface area contributed by atoms with Crippen LogP contribution in [0, 0.1) is 0 Å². The van der Waals surface area contributed by atoms with Gasteiger partial charge in [-0.3, -0.25) is 0 Å². The molecular weight excluding hydrogens is 364 g/mol. The Morgan fingerprint density at radius 1 is 0.947 bits per heavy atom. The normalized spacial score (nSPS) is 14.4. The standard InChI is InChI=1S/C17H26Br2/c1-4-6-8-12-17(3,11-7-5-2)15-10-9-14(18)13-16(15)19/h9-10,13H,4-8,11-12H2,1-3H3. The first-order valence-corrected chi connectivity index (χ1v) is 9.07. The summed E-state index contributed by atoms with van der Waals surface area (Å²) in [5.74, 6) is 0. The molecule has 0 aliphatic heterocycles. The summed E-state index contributed by atoms with van der Waals surface area (Å²) in [4.78, 5) is 0. The Kier molecular flexibility index (Phi) is 7.68. The van der Waals surface area contributed by atoms with Crippen molar-refractivity contribution in [1.29, 1.82) is 0 Å². The summed E-state index contributed by atoms with van der Waals surface area (Å²) in [5.41, 5.74) is 1.78. The topological polar surface area (TPSA) is 0 Å². The van der Waals surface area contributed by atoms with Crippen LogP contribution in [0.5, 0.6) is 0 Å². The number of hydrogen-bond donors (Lipinski definition) is 0. The van der Waals surface area contributed by atoms with Gasteiger partial charge in [0.25, 0.3) is 0 Å². The Bertz CT molecular complexity index is 387. The molecule has 0 aliphatic rings. The summed E-state index contributed by atoms with van der Waals surface area (Å²) in [6.07, 6.45) is 9.14. The first-order chi connectivity index (χ1) is 9.03. The van der Waals surface area contributed by atoms with E-state index in [4.69, 9.17) is 0 Å². The molecule has 2 heteroatoms. The second-order valence-electron chi connectivity index (χ2n) is 5.75. The predicted octanol–water partition coefficient (Wildman–Crippen LogP) is 7.24. The van der Waals surface area contributed by atoms with Gasteiger partial charge in [-0.05, 0) is 36.0 Å². The van der Waals surface area contributed by atoms with Crippen LogP contribution in [0.15, 0.2) is 27.1 Å². The molecular formula is C17H26Br2. The largest absolute Gasteiger partial charge is 0.0654 e. The van der Waals surface area contributed by atoms with Crippen molar-refractivity contribution in [2.45, 2.75) is 71.1 Å². The molecule has 1 unspecified atom stereocenters. The van der Waals surface area contributed by atoms with Gasteiger partial charge in [-0.1, -0.05) is 90.8 Å². The van der Waals surface area contributed by atoms with Gasteiger partial charge in [0.2, 0.25) is 0 Å². The monoisotopic (exact) mass is 388 g/mol. The summed E-state index contributed by atoms with van der Waals surface area (Å²) in [5, 5.41) is 0. The third-order valence-corrected chi connectivity index (χ3v) is 5.14. The minimum absolute atomic E-state index is 0.310. The highest BCUT2D eigenvalue weighted by Gasteiger charge is 2.27. The van der Waals surface area contributed by atoms with E-state index in [0.717, 1.165) is 4.47 Å². The average Bonchev–Trinajstić information content (AvgIpc) is 2.36. The zero-order valence-corrected chi connectivity index (χ0v) is 15.6. The average molecular weight is 390 g/mol. The molecule has 1 aromatic carbocycles. The number of benzene rings is 1. The maximum atomic E-state index is 3.75. The van der Waals surface area contributed by atoms with Crippen molar-refractivity contribution in [2.75, 3.05) is 0 Å². The van der Waals surface area contributed by atoms with Crippen LogP contribution >= 0.6 is 31.9 Å². The molecule has 0 spiro atoms. The number of rotatable bonds is 8. The molecule has 0 aromatic heterocycles. The van der Waals surface area contributed by atoms with Crippen LogP contribution in [0.1, 0.15) is 71.3 Å². The van der Waals surface area contributed by atoms with Gasteiger partial charge in [-0.2, -0.15) is 0 Å². The first-order valence-electron chi connectivity index (χ1n) is 7.49. The van der Waals surface area contributed by atoms with Crippen molar-refractivity contribution in [3.8, 4) is 0 Å². The van der Waals surface area contributed by atoms with Gasteiger partial charge in [-0.15, -0.1) is 0 Å². The van der Waals surface area contributed by atoms with Crippen molar-refractivity contribution in [1.82, 2.24) is 0 Å². The second kappa shape index (κ2) is 8.46. The van der Waals surface area contributed by atoms with Crippen LogP contribution in [0.4, 0.5) is 0 Å². The maximum absolute atomic E-state index is 3.75. The van der Waals surface area contributed by atoms with E-state index in [1.165, 1.54) is 55.0 Å². The molecule has 0 bridgehead atoms. The quantitative estimate of drug-likeness (QED) is 0.411. The molecule has 0 N–H and O–H groups in total. The molecule has 1 aromatic rings. The van der Waals surface area contributed by atoms with Gasteiger partial charge in [0, 0.05) is 8.95 Å². The zero-order valence-electron chi connectivity index (χ0n) is 12.4. The Balaban J connectivity index is 2.93. The number of hydrogen-bond acceptors (Lipinski definition) is 0. The molecule has 0 saturated carbocycles. The molecule has 1 atom stereocenters. The minimum atomic E-state index is 0.310. The highest BCUT2D eigenvalue weighted by Crippen LogP contribution is 2.39. The Labute approximate surface area is 135 Å². The number of halogens is 2. The third kappa shape index (κ3) is 5.23. The van der Waals surface area contributed by atoms with Crippen molar-refractivity contribution < 1.29 is 0 Å². The van der Waals surface area contributed by atoms with E-state index in [9.17, 15) is 0 Å². The molecule has 0 heterocycles. The van der Waals surface area contributed by atoms with Gasteiger partial charge in [0.1, 0.15) is 0 Å². The molecule has 0 nitrogen and oxygen atoms in total. The van der Waals surface area contributed by atoms with E-state index >= 15 is 0 Å². The van der Waals surface area contributed by atoms with Crippen LogP contribution in [-0.4, -0.2) is 0 Å². The van der Waals surface area contributed by atoms with Gasteiger partial charge >= 0.3 is 0 Å². The van der Waals surface area contributed by atoms with Gasteiger partial charge < -0.3 is 0 Å². The van der Waals surface area contributed by atoms with Crippen LogP contribution in [-0.2, 0) is 5.41 Å². The molecule has 108 valence electrons. The molecule has 0 fully saturated rings. The summed E-state index contributed by atoms with van der Waals surface area (Å²) >= 11 is 7.30. The van der Waals surface area contributed by atoms with Gasteiger partial charge in [0.05, 0.1) is 0 Å². The van der Waals surface area contributed by atoms with E-state index in [1.54, 1.807) is 0 Å². The van der Waals surface area contributed by atoms with Crippen LogP contribution in [0.2, 0.25) is 0 Å². The molecule has 1 rings (SSSR count). The van der Waals surface area contributed by atoms with Crippen molar-refractivity contribution >= 4 is 31.9 Å². The van der Waals surface area contributed by atoms with Crippen molar-refractivity contribution in [3.63, 3.8) is 0 Å². The van der Waals surface area contributed by atoms with E-state index in [1.807, 2.05) is 0 Å². The van der Waals surface area contributed by atoms with Crippen LogP contribution in [0.3, 0.4) is 0 Å².